The first-order valence-corrected chi connectivity index (χ1v) is 16.3. The van der Waals surface area contributed by atoms with Crippen LogP contribution >= 0.6 is 0 Å². The van der Waals surface area contributed by atoms with E-state index in [2.05, 4.69) is 19.9 Å². The maximum Gasteiger partial charge on any atom is 0.200 e. The predicted octanol–water partition coefficient (Wildman–Crippen LogP) is 7.54. The third kappa shape index (κ3) is 4.75. The van der Waals surface area contributed by atoms with Crippen LogP contribution in [0.5, 0.6) is 11.5 Å². The standard InChI is InChI=1S/C38H50O7/c1-22(2)10-12-25-19-36-21-37(17-16-33(5,6)20-35(37,9)44)45-31(36)28(29(41)24-11-13-26(39)27(40)18-24)30(42)38(32(36)43,34(25,7)8)15-14-23(3)4/h10-11,13-14,18,25,39-40,44H,12,15-17,19-21H2,1-9H3/t25-,35-,36+,37-,38+/m0/s1. The smallest absolute Gasteiger partial charge is 0.200 e. The minimum atomic E-state index is -1.55. The molecule has 2 bridgehead atoms. The highest BCUT2D eigenvalue weighted by Crippen LogP contribution is 2.72. The monoisotopic (exact) mass is 618 g/mol. The van der Waals surface area contributed by atoms with Crippen molar-refractivity contribution in [1.82, 2.24) is 0 Å². The summed E-state index contributed by atoms with van der Waals surface area (Å²) in [6, 6.07) is 3.73. The molecule has 1 aromatic carbocycles. The molecule has 0 aromatic heterocycles. The third-order valence-electron chi connectivity index (χ3n) is 11.8. The van der Waals surface area contributed by atoms with Crippen molar-refractivity contribution in [3.05, 3.63) is 58.4 Å². The maximum atomic E-state index is 15.4. The number of benzene rings is 1. The summed E-state index contributed by atoms with van der Waals surface area (Å²) in [6.45, 7) is 17.9. The zero-order chi connectivity index (χ0) is 33.5. The van der Waals surface area contributed by atoms with Crippen molar-refractivity contribution in [2.24, 2.45) is 27.6 Å². The number of ether oxygens (including phenoxy) is 1. The Morgan fingerprint density at radius 3 is 2.16 bits per heavy atom. The molecule has 5 atom stereocenters. The van der Waals surface area contributed by atoms with Gasteiger partial charge in [-0.05, 0) is 108 Å². The molecule has 3 N–H and O–H groups in total. The van der Waals surface area contributed by atoms with Gasteiger partial charge in [0, 0.05) is 12.0 Å². The Kier molecular flexibility index (Phi) is 7.68. The first kappa shape index (κ1) is 33.2. The molecular formula is C38H50O7. The summed E-state index contributed by atoms with van der Waals surface area (Å²) < 4.78 is 6.87. The van der Waals surface area contributed by atoms with E-state index < -0.39 is 44.8 Å². The van der Waals surface area contributed by atoms with Crippen molar-refractivity contribution in [2.45, 2.75) is 118 Å². The van der Waals surface area contributed by atoms with Gasteiger partial charge in [0.2, 0.25) is 0 Å². The van der Waals surface area contributed by atoms with Crippen LogP contribution in [0.15, 0.2) is 52.8 Å². The van der Waals surface area contributed by atoms with Gasteiger partial charge in [0.15, 0.2) is 28.8 Å². The minimum Gasteiger partial charge on any atom is -0.504 e. The van der Waals surface area contributed by atoms with Crippen LogP contribution in [0.3, 0.4) is 0 Å². The average Bonchev–Trinajstić information content (AvgIpc) is 3.25. The Morgan fingerprint density at radius 2 is 1.58 bits per heavy atom. The number of rotatable bonds is 6. The lowest BCUT2D eigenvalue weighted by Crippen LogP contribution is -2.66. The molecule has 5 rings (SSSR count). The fourth-order valence-electron chi connectivity index (χ4n) is 9.07. The van der Waals surface area contributed by atoms with E-state index in [1.54, 1.807) is 6.92 Å². The van der Waals surface area contributed by atoms with Gasteiger partial charge in [0.1, 0.15) is 27.9 Å². The molecular weight excluding hydrogens is 568 g/mol. The number of aliphatic hydroxyl groups is 1. The molecule has 3 aliphatic carbocycles. The van der Waals surface area contributed by atoms with Gasteiger partial charge in [-0.2, -0.15) is 0 Å². The molecule has 4 aliphatic rings. The van der Waals surface area contributed by atoms with Crippen LogP contribution in [0, 0.1) is 27.6 Å². The molecule has 1 aromatic rings. The Hall–Kier alpha value is -3.19. The van der Waals surface area contributed by atoms with Gasteiger partial charge < -0.3 is 20.1 Å². The second-order valence-electron chi connectivity index (χ2n) is 16.4. The number of aromatic hydroxyl groups is 2. The largest absolute Gasteiger partial charge is 0.504 e. The van der Waals surface area contributed by atoms with Crippen LogP contribution < -0.4 is 0 Å². The summed E-state index contributed by atoms with van der Waals surface area (Å²) in [6.07, 6.45) is 7.15. The predicted molar refractivity (Wildman–Crippen MR) is 173 cm³/mol. The molecule has 244 valence electrons. The van der Waals surface area contributed by atoms with Crippen LogP contribution in [0.25, 0.3) is 0 Å². The van der Waals surface area contributed by atoms with E-state index in [0.717, 1.165) is 23.6 Å². The minimum absolute atomic E-state index is 0.0149. The Morgan fingerprint density at radius 1 is 0.933 bits per heavy atom. The average molecular weight is 619 g/mol. The van der Waals surface area contributed by atoms with Crippen molar-refractivity contribution in [2.75, 3.05) is 0 Å². The molecule has 3 fully saturated rings. The van der Waals surface area contributed by atoms with Crippen LogP contribution in [0.4, 0.5) is 0 Å². The van der Waals surface area contributed by atoms with Crippen molar-refractivity contribution in [3.63, 3.8) is 0 Å². The number of fused-ring (bicyclic) bond motifs is 1. The molecule has 1 heterocycles. The van der Waals surface area contributed by atoms with Crippen molar-refractivity contribution < 1.29 is 34.4 Å². The molecule has 45 heavy (non-hydrogen) atoms. The second kappa shape index (κ2) is 10.4. The highest BCUT2D eigenvalue weighted by Gasteiger charge is 2.78. The van der Waals surface area contributed by atoms with Gasteiger partial charge >= 0.3 is 0 Å². The van der Waals surface area contributed by atoms with E-state index in [1.165, 1.54) is 12.1 Å². The van der Waals surface area contributed by atoms with E-state index in [0.29, 0.717) is 25.7 Å². The first-order chi connectivity index (χ1) is 20.7. The fourth-order valence-corrected chi connectivity index (χ4v) is 9.07. The van der Waals surface area contributed by atoms with Crippen molar-refractivity contribution in [1.29, 1.82) is 0 Å². The van der Waals surface area contributed by atoms with Crippen LogP contribution in [0.1, 0.15) is 118 Å². The fraction of sp³-hybridized carbons (Fsp3) is 0.605. The van der Waals surface area contributed by atoms with Gasteiger partial charge in [-0.1, -0.05) is 51.0 Å². The Labute approximate surface area is 267 Å². The highest BCUT2D eigenvalue weighted by molar-refractivity contribution is 6.35. The number of hydrogen-bond donors (Lipinski definition) is 3. The Bertz CT molecular complexity index is 1560. The zero-order valence-corrected chi connectivity index (χ0v) is 28.4. The summed E-state index contributed by atoms with van der Waals surface area (Å²) in [5.41, 5.74) is -4.36. The number of carbonyl (C=O) groups excluding carboxylic acids is 3. The van der Waals surface area contributed by atoms with Crippen LogP contribution in [-0.4, -0.2) is 43.9 Å². The molecule has 1 aliphatic heterocycles. The number of allylic oxidation sites excluding steroid dienone is 6. The maximum absolute atomic E-state index is 15.4. The first-order valence-electron chi connectivity index (χ1n) is 16.3. The molecule has 1 saturated heterocycles. The zero-order valence-electron chi connectivity index (χ0n) is 28.4. The third-order valence-corrected chi connectivity index (χ3v) is 11.8. The number of phenolic OH excluding ortho intramolecular Hbond substituents is 2. The molecule has 2 spiro atoms. The van der Waals surface area contributed by atoms with E-state index in [9.17, 15) is 20.1 Å². The van der Waals surface area contributed by atoms with Crippen molar-refractivity contribution in [3.8, 4) is 11.5 Å². The van der Waals surface area contributed by atoms with Crippen LogP contribution in [-0.2, 0) is 14.3 Å². The normalized spacial score (nSPS) is 34.7. The lowest BCUT2D eigenvalue weighted by atomic mass is 9.39. The molecule has 7 nitrogen and oxygen atoms in total. The summed E-state index contributed by atoms with van der Waals surface area (Å²) in [5, 5.41) is 32.4. The SMILES string of the molecule is CC(C)=CC[C@H]1C[C@@]23C[C@]4(CCC(C)(C)C[C@]4(C)O)OC2=C(C(=O)c2ccc(O)c(O)c2)C(=O)[C@](CC=C(C)C)(C3=O)C1(C)C. The molecule has 2 saturated carbocycles. The van der Waals surface area contributed by atoms with Gasteiger partial charge in [-0.25, -0.2) is 0 Å². The summed E-state index contributed by atoms with van der Waals surface area (Å²) in [7, 11) is 0. The van der Waals surface area contributed by atoms with Gasteiger partial charge in [-0.15, -0.1) is 0 Å². The molecule has 0 unspecified atom stereocenters. The lowest BCUT2D eigenvalue weighted by Gasteiger charge is -2.59. The highest BCUT2D eigenvalue weighted by atomic mass is 16.5. The summed E-state index contributed by atoms with van der Waals surface area (Å²) in [4.78, 5) is 45.1. The molecule has 0 radical (unpaired) electrons. The van der Waals surface area contributed by atoms with Gasteiger partial charge in [0.25, 0.3) is 0 Å². The molecule has 0 amide bonds. The van der Waals surface area contributed by atoms with Gasteiger partial charge in [0.05, 0.1) is 5.41 Å². The van der Waals surface area contributed by atoms with E-state index in [4.69, 9.17) is 4.74 Å². The Balaban J connectivity index is 1.84. The molecule has 7 heteroatoms. The number of Topliss-reactive ketones (excluding diaryl/α,β-unsaturated/α-hetero) is 3. The van der Waals surface area contributed by atoms with Crippen LogP contribution in [0.2, 0.25) is 0 Å². The number of hydrogen-bond acceptors (Lipinski definition) is 7. The van der Waals surface area contributed by atoms with E-state index in [1.807, 2.05) is 47.6 Å². The lowest BCUT2D eigenvalue weighted by molar-refractivity contribution is -0.183. The summed E-state index contributed by atoms with van der Waals surface area (Å²) in [5.74, 6) is -2.31. The topological polar surface area (TPSA) is 121 Å². The van der Waals surface area contributed by atoms with E-state index in [-0.39, 0.29) is 52.6 Å². The number of ketones is 3. The summed E-state index contributed by atoms with van der Waals surface area (Å²) >= 11 is 0. The van der Waals surface area contributed by atoms with Crippen molar-refractivity contribution >= 4 is 17.3 Å². The van der Waals surface area contributed by atoms with E-state index >= 15 is 9.59 Å². The quantitative estimate of drug-likeness (QED) is 0.0990. The van der Waals surface area contributed by atoms with Gasteiger partial charge in [-0.3, -0.25) is 14.4 Å². The number of carbonyl (C=O) groups is 3. The number of phenols is 2. The second-order valence-corrected chi connectivity index (χ2v) is 16.4.